The largest absolute Gasteiger partial charge is 0.398 e. The molecule has 0 atom stereocenters. The topological polar surface area (TPSA) is 26.0 Å². The molecular weight excluding hydrogens is 494 g/mol. The number of benzene rings is 5. The molecule has 1 saturated carbocycles. The van der Waals surface area contributed by atoms with Crippen LogP contribution in [-0.2, 0) is 0 Å². The van der Waals surface area contributed by atoms with Gasteiger partial charge in [-0.2, -0.15) is 0 Å². The summed E-state index contributed by atoms with van der Waals surface area (Å²) in [5, 5.41) is 0. The lowest BCUT2D eigenvalue weighted by Crippen LogP contribution is -2.14. The number of hydrogen-bond acceptors (Lipinski definition) is 1. The molecule has 0 heterocycles. The van der Waals surface area contributed by atoms with Gasteiger partial charge in [-0.3, -0.25) is 0 Å². The van der Waals surface area contributed by atoms with Crippen LogP contribution in [0, 0.1) is 0 Å². The third kappa shape index (κ3) is 6.15. The van der Waals surface area contributed by atoms with Crippen LogP contribution in [0.25, 0.3) is 0 Å². The molecule has 0 radical (unpaired) electrons. The molecule has 1 aliphatic carbocycles. The molecule has 5 aromatic carbocycles. The molecule has 0 saturated heterocycles. The zero-order valence-electron chi connectivity index (χ0n) is 24.0. The first-order chi connectivity index (χ1) is 20.3. The second-order valence-corrected chi connectivity index (χ2v) is 11.7. The molecule has 1 aliphatic rings. The maximum atomic E-state index is 7.33. The van der Waals surface area contributed by atoms with Crippen LogP contribution in [-0.4, -0.2) is 0 Å². The maximum absolute atomic E-state index is 7.33. The molecule has 5 aromatic rings. The predicted octanol–water partition coefficient (Wildman–Crippen LogP) is 10.5. The summed E-state index contributed by atoms with van der Waals surface area (Å²) in [4.78, 5) is 0. The number of hydrogen-bond donors (Lipinski definition) is 1. The van der Waals surface area contributed by atoms with Crippen LogP contribution in [0.15, 0.2) is 133 Å². The predicted molar refractivity (Wildman–Crippen MR) is 174 cm³/mol. The van der Waals surface area contributed by atoms with Crippen LogP contribution in [0.2, 0.25) is 0 Å². The summed E-state index contributed by atoms with van der Waals surface area (Å²) in [6, 6.07) is 48.7. The SMILES string of the molecule is Nc1c(C2CCCCCCC2)cc(C(c2ccccc2)c2ccccc2)cc1C(c1ccccc1)c1ccccc1. The minimum Gasteiger partial charge on any atom is -0.398 e. The Morgan fingerprint density at radius 1 is 0.439 bits per heavy atom. The van der Waals surface area contributed by atoms with Crippen molar-refractivity contribution in [3.8, 4) is 0 Å². The Balaban J connectivity index is 1.60. The Bertz CT molecular complexity index is 1420. The maximum Gasteiger partial charge on any atom is 0.0391 e. The normalized spacial score (nSPS) is 14.6. The first kappa shape index (κ1) is 27.1. The van der Waals surface area contributed by atoms with Crippen LogP contribution in [0.3, 0.4) is 0 Å². The monoisotopic (exact) mass is 535 g/mol. The van der Waals surface area contributed by atoms with Gasteiger partial charge in [0.1, 0.15) is 0 Å². The molecule has 2 N–H and O–H groups in total. The van der Waals surface area contributed by atoms with Crippen molar-refractivity contribution in [1.82, 2.24) is 0 Å². The lowest BCUT2D eigenvalue weighted by atomic mass is 9.76. The highest BCUT2D eigenvalue weighted by atomic mass is 14.6. The van der Waals surface area contributed by atoms with Gasteiger partial charge in [0.05, 0.1) is 0 Å². The zero-order chi connectivity index (χ0) is 27.9. The number of rotatable bonds is 7. The van der Waals surface area contributed by atoms with E-state index in [1.165, 1.54) is 83.9 Å². The van der Waals surface area contributed by atoms with E-state index in [2.05, 4.69) is 133 Å². The summed E-state index contributed by atoms with van der Waals surface area (Å²) in [5.41, 5.74) is 17.4. The smallest absolute Gasteiger partial charge is 0.0391 e. The molecular formula is C40H41N. The van der Waals surface area contributed by atoms with E-state index in [0.717, 1.165) is 5.69 Å². The summed E-state index contributed by atoms with van der Waals surface area (Å²) in [6.45, 7) is 0. The Morgan fingerprint density at radius 2 is 0.829 bits per heavy atom. The Kier molecular flexibility index (Phi) is 8.62. The summed E-state index contributed by atoms with van der Waals surface area (Å²) >= 11 is 0. The van der Waals surface area contributed by atoms with Gasteiger partial charge in [0, 0.05) is 17.5 Å². The fraction of sp³-hybridized carbons (Fsp3) is 0.250. The van der Waals surface area contributed by atoms with Crippen LogP contribution < -0.4 is 5.73 Å². The summed E-state index contributed by atoms with van der Waals surface area (Å²) in [5.74, 6) is 0.696. The van der Waals surface area contributed by atoms with Gasteiger partial charge in [-0.05, 0) is 57.7 Å². The summed E-state index contributed by atoms with van der Waals surface area (Å²) in [7, 11) is 0. The number of anilines is 1. The summed E-state index contributed by atoms with van der Waals surface area (Å²) < 4.78 is 0. The molecule has 41 heavy (non-hydrogen) atoms. The second kappa shape index (κ2) is 13.0. The van der Waals surface area contributed by atoms with Crippen molar-refractivity contribution in [2.75, 3.05) is 5.73 Å². The molecule has 1 fully saturated rings. The van der Waals surface area contributed by atoms with Gasteiger partial charge in [0.25, 0.3) is 0 Å². The first-order valence-electron chi connectivity index (χ1n) is 15.4. The van der Waals surface area contributed by atoms with Gasteiger partial charge in [0.15, 0.2) is 0 Å². The second-order valence-electron chi connectivity index (χ2n) is 11.7. The van der Waals surface area contributed by atoms with Crippen LogP contribution in [0.4, 0.5) is 5.69 Å². The van der Waals surface area contributed by atoms with E-state index < -0.39 is 0 Å². The Hall–Kier alpha value is -4.10. The van der Waals surface area contributed by atoms with Crippen LogP contribution in [0.1, 0.15) is 102 Å². The molecule has 0 aromatic heterocycles. The van der Waals surface area contributed by atoms with Crippen molar-refractivity contribution in [1.29, 1.82) is 0 Å². The van der Waals surface area contributed by atoms with E-state index in [0.29, 0.717) is 5.92 Å². The molecule has 0 aliphatic heterocycles. The molecule has 1 heteroatoms. The van der Waals surface area contributed by atoms with Gasteiger partial charge >= 0.3 is 0 Å². The minimum absolute atomic E-state index is 0.0665. The standard InChI is InChI=1S/C40H41N/c41-40-36(30-18-8-2-1-3-9-19-30)28-35(38(31-20-10-4-11-21-31)32-22-12-5-13-23-32)29-37(40)39(33-24-14-6-15-25-33)34-26-16-7-17-27-34/h4-7,10-17,20-30,38-39H,1-3,8-9,18-19,41H2. The number of nitrogen functional groups attached to an aromatic ring is 1. The van der Waals surface area contributed by atoms with Crippen LogP contribution >= 0.6 is 0 Å². The van der Waals surface area contributed by atoms with Gasteiger partial charge in [-0.25, -0.2) is 0 Å². The van der Waals surface area contributed by atoms with Gasteiger partial charge < -0.3 is 5.73 Å². The van der Waals surface area contributed by atoms with Crippen molar-refractivity contribution in [2.45, 2.75) is 62.7 Å². The van der Waals surface area contributed by atoms with Gasteiger partial charge in [0.2, 0.25) is 0 Å². The van der Waals surface area contributed by atoms with Crippen LogP contribution in [0.5, 0.6) is 0 Å². The van der Waals surface area contributed by atoms with E-state index in [4.69, 9.17) is 5.73 Å². The Morgan fingerprint density at radius 3 is 1.27 bits per heavy atom. The average molecular weight is 536 g/mol. The quantitative estimate of drug-likeness (QED) is 0.163. The van der Waals surface area contributed by atoms with Gasteiger partial charge in [-0.15, -0.1) is 0 Å². The van der Waals surface area contributed by atoms with Crippen molar-refractivity contribution < 1.29 is 0 Å². The van der Waals surface area contributed by atoms with Crippen molar-refractivity contribution in [2.24, 2.45) is 0 Å². The molecule has 0 unspecified atom stereocenters. The third-order valence-corrected chi connectivity index (χ3v) is 8.99. The molecule has 6 rings (SSSR count). The fourth-order valence-corrected chi connectivity index (χ4v) is 6.94. The lowest BCUT2D eigenvalue weighted by Gasteiger charge is -2.29. The molecule has 206 valence electrons. The molecule has 0 bridgehead atoms. The highest BCUT2D eigenvalue weighted by Crippen LogP contribution is 2.44. The molecule has 0 spiro atoms. The van der Waals surface area contributed by atoms with Crippen molar-refractivity contribution in [3.05, 3.63) is 172 Å². The average Bonchev–Trinajstić information content (AvgIpc) is 3.01. The summed E-state index contributed by atoms with van der Waals surface area (Å²) in [6.07, 6.45) is 9.02. The van der Waals surface area contributed by atoms with Gasteiger partial charge in [-0.1, -0.05) is 166 Å². The van der Waals surface area contributed by atoms with Crippen molar-refractivity contribution in [3.63, 3.8) is 0 Å². The zero-order valence-corrected chi connectivity index (χ0v) is 24.0. The Labute approximate surface area is 246 Å². The van der Waals surface area contributed by atoms with E-state index in [1.807, 2.05) is 0 Å². The molecule has 0 amide bonds. The lowest BCUT2D eigenvalue weighted by molar-refractivity contribution is 0.456. The van der Waals surface area contributed by atoms with E-state index in [1.54, 1.807) is 0 Å². The van der Waals surface area contributed by atoms with E-state index in [9.17, 15) is 0 Å². The third-order valence-electron chi connectivity index (χ3n) is 8.99. The fourth-order valence-electron chi connectivity index (χ4n) is 6.94. The highest BCUT2D eigenvalue weighted by Gasteiger charge is 2.27. The number of nitrogens with two attached hydrogens (primary N) is 1. The highest BCUT2D eigenvalue weighted by molar-refractivity contribution is 5.64. The minimum atomic E-state index is 0.0665. The van der Waals surface area contributed by atoms with Crippen molar-refractivity contribution >= 4 is 5.69 Å². The first-order valence-corrected chi connectivity index (χ1v) is 15.4. The van der Waals surface area contributed by atoms with E-state index >= 15 is 0 Å². The molecule has 1 nitrogen and oxygen atoms in total. The van der Waals surface area contributed by atoms with E-state index in [-0.39, 0.29) is 11.8 Å².